The first-order valence-electron chi connectivity index (χ1n) is 6.03. The number of hydrogen-bond donors (Lipinski definition) is 1. The van der Waals surface area contributed by atoms with Crippen LogP contribution in [0.1, 0.15) is 5.56 Å². The van der Waals surface area contributed by atoms with Crippen molar-refractivity contribution in [1.29, 1.82) is 5.26 Å². The molecule has 0 unspecified atom stereocenters. The van der Waals surface area contributed by atoms with Crippen molar-refractivity contribution in [2.24, 2.45) is 5.14 Å². The van der Waals surface area contributed by atoms with Gasteiger partial charge in [-0.25, -0.2) is 18.2 Å². The molecule has 3 rings (SSSR count). The van der Waals surface area contributed by atoms with Crippen LogP contribution in [0, 0.1) is 11.3 Å². The SMILES string of the molecule is N#Cc1cccc(-n2cc(-c3ccc(S(N)(=O)=O)s3)nn2)c1. The van der Waals surface area contributed by atoms with Gasteiger partial charge in [-0.3, -0.25) is 0 Å². The van der Waals surface area contributed by atoms with Crippen molar-refractivity contribution in [3.63, 3.8) is 0 Å². The van der Waals surface area contributed by atoms with E-state index in [0.29, 0.717) is 21.8 Å². The zero-order valence-corrected chi connectivity index (χ0v) is 12.7. The van der Waals surface area contributed by atoms with E-state index in [9.17, 15) is 8.42 Å². The average Bonchev–Trinajstić information content (AvgIpc) is 3.15. The summed E-state index contributed by atoms with van der Waals surface area (Å²) < 4.78 is 24.2. The third kappa shape index (κ3) is 2.75. The van der Waals surface area contributed by atoms with Crippen molar-refractivity contribution in [3.8, 4) is 22.3 Å². The lowest BCUT2D eigenvalue weighted by molar-refractivity contribution is 0.600. The molecule has 0 aliphatic carbocycles. The maximum atomic E-state index is 11.3. The van der Waals surface area contributed by atoms with Gasteiger partial charge in [-0.05, 0) is 30.3 Å². The normalized spacial score (nSPS) is 11.3. The monoisotopic (exact) mass is 331 g/mol. The van der Waals surface area contributed by atoms with Gasteiger partial charge in [0.15, 0.2) is 0 Å². The lowest BCUT2D eigenvalue weighted by atomic mass is 10.2. The van der Waals surface area contributed by atoms with Gasteiger partial charge < -0.3 is 0 Å². The predicted octanol–water partition coefficient (Wildman–Crippen LogP) is 1.51. The van der Waals surface area contributed by atoms with Crippen LogP contribution >= 0.6 is 11.3 Å². The Morgan fingerprint density at radius 1 is 1.27 bits per heavy atom. The van der Waals surface area contributed by atoms with Crippen molar-refractivity contribution < 1.29 is 8.42 Å². The Kier molecular flexibility index (Phi) is 3.50. The summed E-state index contributed by atoms with van der Waals surface area (Å²) in [4.78, 5) is 0.645. The quantitative estimate of drug-likeness (QED) is 0.781. The minimum Gasteiger partial charge on any atom is -0.224 e. The zero-order valence-electron chi connectivity index (χ0n) is 11.0. The molecule has 2 aromatic heterocycles. The molecule has 7 nitrogen and oxygen atoms in total. The van der Waals surface area contributed by atoms with Crippen LogP contribution in [-0.4, -0.2) is 23.4 Å². The fraction of sp³-hybridized carbons (Fsp3) is 0. The van der Waals surface area contributed by atoms with Crippen molar-refractivity contribution >= 4 is 21.4 Å². The van der Waals surface area contributed by atoms with E-state index >= 15 is 0 Å². The van der Waals surface area contributed by atoms with E-state index in [1.807, 2.05) is 0 Å². The zero-order chi connectivity index (χ0) is 15.7. The molecule has 0 spiro atoms. The van der Waals surface area contributed by atoms with Gasteiger partial charge in [0.2, 0.25) is 10.0 Å². The molecule has 0 amide bonds. The van der Waals surface area contributed by atoms with Crippen LogP contribution in [-0.2, 0) is 10.0 Å². The summed E-state index contributed by atoms with van der Waals surface area (Å²) in [5.41, 5.74) is 1.74. The summed E-state index contributed by atoms with van der Waals surface area (Å²) in [6, 6.07) is 12.0. The van der Waals surface area contributed by atoms with Crippen LogP contribution in [0.25, 0.3) is 16.3 Å². The number of primary sulfonamides is 1. The van der Waals surface area contributed by atoms with E-state index in [4.69, 9.17) is 10.4 Å². The molecular weight excluding hydrogens is 322 g/mol. The van der Waals surface area contributed by atoms with Crippen molar-refractivity contribution in [1.82, 2.24) is 15.0 Å². The lowest BCUT2D eigenvalue weighted by Crippen LogP contribution is -2.09. The molecule has 0 saturated heterocycles. The second kappa shape index (κ2) is 5.34. The average molecular weight is 331 g/mol. The maximum Gasteiger partial charge on any atom is 0.247 e. The number of hydrogen-bond acceptors (Lipinski definition) is 6. The molecule has 1 aromatic carbocycles. The molecule has 0 fully saturated rings. The van der Waals surface area contributed by atoms with Crippen LogP contribution in [0.3, 0.4) is 0 Å². The Bertz CT molecular complexity index is 982. The second-order valence-corrected chi connectivity index (χ2v) is 7.25. The molecule has 3 aromatic rings. The first-order chi connectivity index (χ1) is 10.5. The van der Waals surface area contributed by atoms with Gasteiger partial charge in [-0.1, -0.05) is 11.3 Å². The minimum atomic E-state index is -3.72. The van der Waals surface area contributed by atoms with Crippen molar-refractivity contribution in [3.05, 3.63) is 48.2 Å². The fourth-order valence-corrected chi connectivity index (χ4v) is 3.51. The van der Waals surface area contributed by atoms with Crippen LogP contribution in [0.4, 0.5) is 0 Å². The Morgan fingerprint density at radius 3 is 2.77 bits per heavy atom. The molecule has 0 saturated carbocycles. The first-order valence-corrected chi connectivity index (χ1v) is 8.39. The van der Waals surface area contributed by atoms with Crippen LogP contribution in [0.5, 0.6) is 0 Å². The van der Waals surface area contributed by atoms with Gasteiger partial charge in [0.1, 0.15) is 9.90 Å². The number of nitrogens with two attached hydrogens (primary N) is 1. The van der Waals surface area contributed by atoms with Crippen molar-refractivity contribution in [2.45, 2.75) is 4.21 Å². The lowest BCUT2D eigenvalue weighted by Gasteiger charge is -1.98. The highest BCUT2D eigenvalue weighted by Gasteiger charge is 2.14. The number of benzene rings is 1. The fourth-order valence-electron chi connectivity index (χ4n) is 1.83. The van der Waals surface area contributed by atoms with Gasteiger partial charge in [0.25, 0.3) is 0 Å². The first kappa shape index (κ1) is 14.4. The van der Waals surface area contributed by atoms with E-state index in [1.165, 1.54) is 10.7 Å². The van der Waals surface area contributed by atoms with E-state index < -0.39 is 10.0 Å². The molecule has 110 valence electrons. The number of thiophene rings is 1. The molecule has 0 aliphatic heterocycles. The second-order valence-electron chi connectivity index (χ2n) is 4.37. The highest BCUT2D eigenvalue weighted by Crippen LogP contribution is 2.28. The van der Waals surface area contributed by atoms with E-state index in [-0.39, 0.29) is 4.21 Å². The number of nitriles is 1. The molecule has 22 heavy (non-hydrogen) atoms. The standard InChI is InChI=1S/C13H9N5O2S2/c14-7-9-2-1-3-10(6-9)18-8-11(16-17-18)12-4-5-13(21-12)22(15,19)20/h1-6,8H,(H2,15,19,20). The molecule has 2 N–H and O–H groups in total. The van der Waals surface area contributed by atoms with Crippen LogP contribution < -0.4 is 5.14 Å². The molecule has 0 aliphatic rings. The Morgan fingerprint density at radius 2 is 2.09 bits per heavy atom. The van der Waals surface area contributed by atoms with Gasteiger partial charge >= 0.3 is 0 Å². The number of aromatic nitrogens is 3. The summed E-state index contributed by atoms with van der Waals surface area (Å²) in [5.74, 6) is 0. The third-order valence-electron chi connectivity index (χ3n) is 2.85. The Labute approximate surface area is 130 Å². The van der Waals surface area contributed by atoms with Gasteiger partial charge in [-0.2, -0.15) is 5.26 Å². The van der Waals surface area contributed by atoms with Gasteiger partial charge in [-0.15, -0.1) is 16.4 Å². The van der Waals surface area contributed by atoms with Crippen molar-refractivity contribution in [2.75, 3.05) is 0 Å². The smallest absolute Gasteiger partial charge is 0.224 e. The molecular formula is C13H9N5O2S2. The van der Waals surface area contributed by atoms with Crippen LogP contribution in [0.2, 0.25) is 0 Å². The number of nitrogens with zero attached hydrogens (tertiary/aromatic N) is 4. The number of sulfonamides is 1. The minimum absolute atomic E-state index is 0.0727. The molecule has 0 atom stereocenters. The number of rotatable bonds is 3. The van der Waals surface area contributed by atoms with Gasteiger partial charge in [0.05, 0.1) is 28.4 Å². The summed E-state index contributed by atoms with van der Waals surface area (Å²) >= 11 is 1.03. The van der Waals surface area contributed by atoms with E-state index in [0.717, 1.165) is 11.3 Å². The predicted molar refractivity (Wildman–Crippen MR) is 80.8 cm³/mol. The topological polar surface area (TPSA) is 115 Å². The summed E-state index contributed by atoms with van der Waals surface area (Å²) in [6.45, 7) is 0. The maximum absolute atomic E-state index is 11.3. The summed E-state index contributed by atoms with van der Waals surface area (Å²) in [6.07, 6.45) is 1.66. The molecule has 0 radical (unpaired) electrons. The summed E-state index contributed by atoms with van der Waals surface area (Å²) in [7, 11) is -3.72. The third-order valence-corrected chi connectivity index (χ3v) is 5.39. The molecule has 9 heteroatoms. The highest BCUT2D eigenvalue weighted by atomic mass is 32.2. The largest absolute Gasteiger partial charge is 0.247 e. The molecule has 2 heterocycles. The highest BCUT2D eigenvalue weighted by molar-refractivity contribution is 7.91. The van der Waals surface area contributed by atoms with Crippen LogP contribution in [0.15, 0.2) is 46.8 Å². The van der Waals surface area contributed by atoms with E-state index in [2.05, 4.69) is 16.4 Å². The molecule has 0 bridgehead atoms. The van der Waals surface area contributed by atoms with Gasteiger partial charge in [0, 0.05) is 0 Å². The van der Waals surface area contributed by atoms with E-state index in [1.54, 1.807) is 36.5 Å². The summed E-state index contributed by atoms with van der Waals surface area (Å²) in [5, 5.41) is 22.0. The Balaban J connectivity index is 1.97. The Hall–Kier alpha value is -2.54.